The molecule has 1 aliphatic rings. The van der Waals surface area contributed by atoms with Crippen molar-refractivity contribution in [1.82, 2.24) is 5.16 Å². The molecule has 0 fully saturated rings. The summed E-state index contributed by atoms with van der Waals surface area (Å²) in [5.41, 5.74) is 0.819. The Bertz CT molecular complexity index is 699. The Balaban J connectivity index is 1.54. The Labute approximate surface area is 138 Å². The van der Waals surface area contributed by atoms with Gasteiger partial charge < -0.3 is 14.0 Å². The summed E-state index contributed by atoms with van der Waals surface area (Å²) in [7, 11) is 0. The van der Waals surface area contributed by atoms with E-state index in [1.165, 1.54) is 11.8 Å². The number of fused-ring (bicyclic) bond motifs is 1. The molecule has 0 spiro atoms. The van der Waals surface area contributed by atoms with Gasteiger partial charge in [-0.2, -0.15) is 0 Å². The van der Waals surface area contributed by atoms with Gasteiger partial charge in [-0.05, 0) is 24.1 Å². The zero-order chi connectivity index (χ0) is 16.2. The molecule has 1 amide bonds. The van der Waals surface area contributed by atoms with E-state index in [4.69, 9.17) is 14.0 Å². The van der Waals surface area contributed by atoms with E-state index in [1.807, 2.05) is 32.0 Å². The molecular weight excluding hydrogens is 316 g/mol. The molecule has 1 aromatic heterocycles. The molecule has 2 aromatic rings. The molecule has 1 N–H and O–H groups in total. The van der Waals surface area contributed by atoms with E-state index in [0.717, 1.165) is 22.1 Å². The third kappa shape index (κ3) is 3.98. The van der Waals surface area contributed by atoms with Gasteiger partial charge in [0.15, 0.2) is 11.5 Å². The van der Waals surface area contributed by atoms with Crippen LogP contribution in [0.5, 0.6) is 11.5 Å². The van der Waals surface area contributed by atoms with Gasteiger partial charge in [-0.3, -0.25) is 10.1 Å². The lowest BCUT2D eigenvalue weighted by Gasteiger charge is -2.18. The maximum atomic E-state index is 12.0. The second kappa shape index (κ2) is 6.95. The Morgan fingerprint density at radius 3 is 2.78 bits per heavy atom. The maximum absolute atomic E-state index is 12.0. The average Bonchev–Trinajstić information content (AvgIpc) is 3.01. The van der Waals surface area contributed by atoms with Gasteiger partial charge in [-0.25, -0.2) is 0 Å². The predicted molar refractivity (Wildman–Crippen MR) is 87.4 cm³/mol. The quantitative estimate of drug-likeness (QED) is 0.846. The van der Waals surface area contributed by atoms with Crippen LogP contribution in [0.4, 0.5) is 5.88 Å². The molecule has 3 rings (SSSR count). The molecule has 0 saturated carbocycles. The molecule has 2 heterocycles. The van der Waals surface area contributed by atoms with Crippen molar-refractivity contribution in [3.63, 3.8) is 0 Å². The fourth-order valence-electron chi connectivity index (χ4n) is 2.06. The van der Waals surface area contributed by atoms with Crippen molar-refractivity contribution in [2.75, 3.05) is 24.3 Å². The SMILES string of the molecule is CC(C)c1cc(NC(=O)CSc2ccc3c(c2)OCCO3)on1. The normalized spacial score (nSPS) is 13.2. The number of rotatable bonds is 5. The van der Waals surface area contributed by atoms with E-state index in [9.17, 15) is 4.79 Å². The third-order valence-corrected chi connectivity index (χ3v) is 4.26. The van der Waals surface area contributed by atoms with Crippen molar-refractivity contribution in [3.8, 4) is 11.5 Å². The van der Waals surface area contributed by atoms with Crippen molar-refractivity contribution in [2.24, 2.45) is 0 Å². The standard InChI is InChI=1S/C16H18N2O4S/c1-10(2)12-8-16(22-18-12)17-15(19)9-23-11-3-4-13-14(7-11)21-6-5-20-13/h3-4,7-8,10H,5-6,9H2,1-2H3,(H,17,19). The number of thioether (sulfide) groups is 1. The molecule has 0 radical (unpaired) electrons. The van der Waals surface area contributed by atoms with Gasteiger partial charge in [0.25, 0.3) is 0 Å². The molecule has 0 unspecified atom stereocenters. The molecule has 23 heavy (non-hydrogen) atoms. The lowest BCUT2D eigenvalue weighted by Crippen LogP contribution is -2.15. The van der Waals surface area contributed by atoms with Crippen LogP contribution in [0.15, 0.2) is 33.7 Å². The average molecular weight is 334 g/mol. The van der Waals surface area contributed by atoms with E-state index >= 15 is 0 Å². The van der Waals surface area contributed by atoms with Gasteiger partial charge >= 0.3 is 0 Å². The maximum Gasteiger partial charge on any atom is 0.237 e. The lowest BCUT2D eigenvalue weighted by atomic mass is 10.1. The highest BCUT2D eigenvalue weighted by atomic mass is 32.2. The van der Waals surface area contributed by atoms with Crippen LogP contribution < -0.4 is 14.8 Å². The first kappa shape index (κ1) is 15.7. The van der Waals surface area contributed by atoms with Crippen molar-refractivity contribution >= 4 is 23.6 Å². The summed E-state index contributed by atoms with van der Waals surface area (Å²) in [6.07, 6.45) is 0. The third-order valence-electron chi connectivity index (χ3n) is 3.27. The van der Waals surface area contributed by atoms with Gasteiger partial charge in [0.2, 0.25) is 11.8 Å². The Hall–Kier alpha value is -2.15. The molecule has 1 aromatic carbocycles. The molecule has 7 heteroatoms. The molecule has 6 nitrogen and oxygen atoms in total. The van der Waals surface area contributed by atoms with Crippen LogP contribution in [0.3, 0.4) is 0 Å². The minimum Gasteiger partial charge on any atom is -0.486 e. The summed E-state index contributed by atoms with van der Waals surface area (Å²) in [6, 6.07) is 7.41. The van der Waals surface area contributed by atoms with Gasteiger partial charge in [0, 0.05) is 11.0 Å². The molecule has 0 atom stereocenters. The zero-order valence-electron chi connectivity index (χ0n) is 13.0. The molecule has 0 aliphatic carbocycles. The molecule has 0 bridgehead atoms. The van der Waals surface area contributed by atoms with E-state index in [1.54, 1.807) is 6.07 Å². The van der Waals surface area contributed by atoms with Crippen molar-refractivity contribution in [3.05, 3.63) is 30.0 Å². The van der Waals surface area contributed by atoms with Crippen LogP contribution in [-0.2, 0) is 4.79 Å². The fraction of sp³-hybridized carbons (Fsp3) is 0.375. The Kier molecular flexibility index (Phi) is 4.76. The van der Waals surface area contributed by atoms with E-state index in [-0.39, 0.29) is 17.6 Å². The summed E-state index contributed by atoms with van der Waals surface area (Å²) in [5, 5.41) is 6.61. The Morgan fingerprint density at radius 1 is 1.26 bits per heavy atom. The van der Waals surface area contributed by atoms with Crippen LogP contribution in [0.25, 0.3) is 0 Å². The summed E-state index contributed by atoms with van der Waals surface area (Å²) < 4.78 is 16.1. The first-order valence-corrected chi connectivity index (χ1v) is 8.39. The number of hydrogen-bond donors (Lipinski definition) is 1. The number of aromatic nitrogens is 1. The minimum absolute atomic E-state index is 0.142. The van der Waals surface area contributed by atoms with E-state index in [2.05, 4.69) is 10.5 Å². The zero-order valence-corrected chi connectivity index (χ0v) is 13.8. The second-order valence-corrected chi connectivity index (χ2v) is 6.46. The highest BCUT2D eigenvalue weighted by molar-refractivity contribution is 8.00. The van der Waals surface area contributed by atoms with Gasteiger partial charge in [-0.15, -0.1) is 11.8 Å². The number of carbonyl (C=O) groups is 1. The lowest BCUT2D eigenvalue weighted by molar-refractivity contribution is -0.113. The smallest absolute Gasteiger partial charge is 0.237 e. The van der Waals surface area contributed by atoms with Crippen molar-refractivity contribution < 1.29 is 18.8 Å². The monoisotopic (exact) mass is 334 g/mol. The topological polar surface area (TPSA) is 73.6 Å². The van der Waals surface area contributed by atoms with Crippen molar-refractivity contribution in [1.29, 1.82) is 0 Å². The van der Waals surface area contributed by atoms with E-state index < -0.39 is 0 Å². The number of benzene rings is 1. The van der Waals surface area contributed by atoms with Gasteiger partial charge in [0.1, 0.15) is 13.2 Å². The molecule has 0 saturated heterocycles. The first-order valence-electron chi connectivity index (χ1n) is 7.41. The number of ether oxygens (including phenoxy) is 2. The first-order chi connectivity index (χ1) is 11.1. The van der Waals surface area contributed by atoms with E-state index in [0.29, 0.717) is 19.1 Å². The highest BCUT2D eigenvalue weighted by Crippen LogP contribution is 2.34. The number of amides is 1. The summed E-state index contributed by atoms with van der Waals surface area (Å²) in [4.78, 5) is 12.9. The molecule has 122 valence electrons. The summed E-state index contributed by atoms with van der Waals surface area (Å²) in [6.45, 7) is 5.14. The number of hydrogen-bond acceptors (Lipinski definition) is 6. The Morgan fingerprint density at radius 2 is 2.04 bits per heavy atom. The van der Waals surface area contributed by atoms with Gasteiger partial charge in [-0.1, -0.05) is 19.0 Å². The number of nitrogens with one attached hydrogen (secondary N) is 1. The van der Waals surface area contributed by atoms with Crippen LogP contribution >= 0.6 is 11.8 Å². The second-order valence-electron chi connectivity index (χ2n) is 5.41. The highest BCUT2D eigenvalue weighted by Gasteiger charge is 2.14. The number of carbonyl (C=O) groups excluding carboxylic acids is 1. The van der Waals surface area contributed by atoms with Crippen LogP contribution in [-0.4, -0.2) is 30.0 Å². The predicted octanol–water partition coefficient (Wildman–Crippen LogP) is 3.30. The van der Waals surface area contributed by atoms with Gasteiger partial charge in [0.05, 0.1) is 11.4 Å². The molecular formula is C16H18N2O4S. The largest absolute Gasteiger partial charge is 0.486 e. The minimum atomic E-state index is -0.142. The van der Waals surface area contributed by atoms with Crippen LogP contribution in [0.2, 0.25) is 0 Å². The molecule has 1 aliphatic heterocycles. The summed E-state index contributed by atoms with van der Waals surface area (Å²) in [5.74, 6) is 2.23. The fourth-order valence-corrected chi connectivity index (χ4v) is 2.78. The van der Waals surface area contributed by atoms with Crippen molar-refractivity contribution in [2.45, 2.75) is 24.7 Å². The van der Waals surface area contributed by atoms with Crippen LogP contribution in [0.1, 0.15) is 25.5 Å². The number of anilines is 1. The van der Waals surface area contributed by atoms with Crippen LogP contribution in [0, 0.1) is 0 Å². The summed E-state index contributed by atoms with van der Waals surface area (Å²) >= 11 is 1.42. The number of nitrogens with zero attached hydrogens (tertiary/aromatic N) is 1.